The molecule has 14 heavy (non-hydrogen) atoms. The second-order valence-corrected chi connectivity index (χ2v) is 2.84. The topological polar surface area (TPSA) is 72.5 Å². The van der Waals surface area contributed by atoms with Crippen molar-refractivity contribution in [3.63, 3.8) is 0 Å². The number of phenols is 1. The molecule has 76 valence electrons. The van der Waals surface area contributed by atoms with Gasteiger partial charge in [0.1, 0.15) is 11.5 Å². The van der Waals surface area contributed by atoms with Crippen LogP contribution >= 0.6 is 0 Å². The van der Waals surface area contributed by atoms with E-state index in [1.54, 1.807) is 6.07 Å². The van der Waals surface area contributed by atoms with Crippen molar-refractivity contribution < 1.29 is 14.6 Å². The Kier molecular flexibility index (Phi) is 3.48. The summed E-state index contributed by atoms with van der Waals surface area (Å²) >= 11 is 0. The predicted molar refractivity (Wildman–Crippen MR) is 52.7 cm³/mol. The number of carbonyl (C=O) groups is 1. The van der Waals surface area contributed by atoms with Crippen molar-refractivity contribution in [2.45, 2.75) is 6.42 Å². The van der Waals surface area contributed by atoms with E-state index in [-0.39, 0.29) is 30.1 Å². The fourth-order valence-electron chi connectivity index (χ4n) is 1.14. The van der Waals surface area contributed by atoms with E-state index < -0.39 is 0 Å². The van der Waals surface area contributed by atoms with Gasteiger partial charge in [0, 0.05) is 12.5 Å². The van der Waals surface area contributed by atoms with Gasteiger partial charge in [-0.2, -0.15) is 0 Å². The molecule has 0 radical (unpaired) electrons. The van der Waals surface area contributed by atoms with E-state index in [1.165, 1.54) is 19.2 Å². The normalized spacial score (nSPS) is 9.86. The third kappa shape index (κ3) is 2.23. The molecule has 0 saturated carbocycles. The van der Waals surface area contributed by atoms with Crippen LogP contribution in [0.15, 0.2) is 18.2 Å². The summed E-state index contributed by atoms with van der Waals surface area (Å²) in [5.74, 6) is 0.294. The first-order valence-corrected chi connectivity index (χ1v) is 4.29. The Balaban J connectivity index is 2.94. The van der Waals surface area contributed by atoms with Crippen LogP contribution in [-0.2, 0) is 0 Å². The quantitative estimate of drug-likeness (QED) is 0.701. The van der Waals surface area contributed by atoms with Gasteiger partial charge in [-0.25, -0.2) is 0 Å². The molecule has 4 nitrogen and oxygen atoms in total. The largest absolute Gasteiger partial charge is 0.507 e. The number of methoxy groups -OCH3 is 1. The van der Waals surface area contributed by atoms with Gasteiger partial charge in [0.05, 0.1) is 12.7 Å². The molecule has 0 atom stereocenters. The molecule has 0 bridgehead atoms. The summed E-state index contributed by atoms with van der Waals surface area (Å²) in [6.07, 6.45) is 0.236. The highest BCUT2D eigenvalue weighted by atomic mass is 16.5. The van der Waals surface area contributed by atoms with Gasteiger partial charge < -0.3 is 15.6 Å². The van der Waals surface area contributed by atoms with Crippen molar-refractivity contribution in [1.82, 2.24) is 0 Å². The molecule has 0 unspecified atom stereocenters. The van der Waals surface area contributed by atoms with Gasteiger partial charge in [-0.15, -0.1) is 0 Å². The molecule has 3 N–H and O–H groups in total. The molecule has 4 heteroatoms. The van der Waals surface area contributed by atoms with Crippen molar-refractivity contribution in [2.75, 3.05) is 13.7 Å². The summed E-state index contributed by atoms with van der Waals surface area (Å²) in [5, 5.41) is 9.48. The number of hydrogen-bond donors (Lipinski definition) is 2. The summed E-state index contributed by atoms with van der Waals surface area (Å²) in [5.41, 5.74) is 5.53. The van der Waals surface area contributed by atoms with E-state index in [9.17, 15) is 9.90 Å². The fourth-order valence-corrected chi connectivity index (χ4v) is 1.14. The molecule has 0 aliphatic carbocycles. The molecule has 0 amide bonds. The van der Waals surface area contributed by atoms with Gasteiger partial charge in [-0.3, -0.25) is 4.79 Å². The van der Waals surface area contributed by atoms with Crippen LogP contribution < -0.4 is 10.5 Å². The predicted octanol–water partition coefficient (Wildman–Crippen LogP) is 0.932. The summed E-state index contributed by atoms with van der Waals surface area (Å²) in [6.45, 7) is 0.282. The zero-order chi connectivity index (χ0) is 10.6. The minimum absolute atomic E-state index is 0.0669. The molecule has 0 heterocycles. The fraction of sp³-hybridized carbons (Fsp3) is 0.300. The first-order chi connectivity index (χ1) is 6.69. The second-order valence-electron chi connectivity index (χ2n) is 2.84. The summed E-state index contributed by atoms with van der Waals surface area (Å²) in [7, 11) is 1.50. The standard InChI is InChI=1S/C10H13NO3/c1-14-7-2-3-8(10(13)6-7)9(12)4-5-11/h2-3,6,13H,4-5,11H2,1H3. The average Bonchev–Trinajstić information content (AvgIpc) is 2.17. The average molecular weight is 195 g/mol. The molecular formula is C10H13NO3. The number of rotatable bonds is 4. The zero-order valence-corrected chi connectivity index (χ0v) is 7.99. The highest BCUT2D eigenvalue weighted by Gasteiger charge is 2.10. The van der Waals surface area contributed by atoms with Crippen molar-refractivity contribution in [3.8, 4) is 11.5 Å². The van der Waals surface area contributed by atoms with Crippen LogP contribution in [0.25, 0.3) is 0 Å². The van der Waals surface area contributed by atoms with Crippen molar-refractivity contribution in [1.29, 1.82) is 0 Å². The van der Waals surface area contributed by atoms with E-state index in [4.69, 9.17) is 10.5 Å². The Morgan fingerprint density at radius 1 is 1.57 bits per heavy atom. The van der Waals surface area contributed by atoms with Gasteiger partial charge in [0.25, 0.3) is 0 Å². The lowest BCUT2D eigenvalue weighted by molar-refractivity contribution is 0.0983. The van der Waals surface area contributed by atoms with Gasteiger partial charge >= 0.3 is 0 Å². The SMILES string of the molecule is COc1ccc(C(=O)CCN)c(O)c1. The van der Waals surface area contributed by atoms with Crippen LogP contribution in [0.3, 0.4) is 0 Å². The lowest BCUT2D eigenvalue weighted by atomic mass is 10.1. The number of aromatic hydroxyl groups is 1. The van der Waals surface area contributed by atoms with Crippen molar-refractivity contribution in [3.05, 3.63) is 23.8 Å². The number of Topliss-reactive ketones (excluding diaryl/α,β-unsaturated/α-hetero) is 1. The van der Waals surface area contributed by atoms with Crippen LogP contribution in [0.5, 0.6) is 11.5 Å². The first-order valence-electron chi connectivity index (χ1n) is 4.29. The maximum Gasteiger partial charge on any atom is 0.167 e. The van der Waals surface area contributed by atoms with Crippen LogP contribution in [0, 0.1) is 0 Å². The smallest absolute Gasteiger partial charge is 0.167 e. The van der Waals surface area contributed by atoms with E-state index in [0.29, 0.717) is 5.75 Å². The third-order valence-corrected chi connectivity index (χ3v) is 1.88. The molecule has 0 aromatic heterocycles. The van der Waals surface area contributed by atoms with E-state index in [1.807, 2.05) is 0 Å². The number of benzene rings is 1. The molecule has 0 spiro atoms. The molecule has 0 aliphatic heterocycles. The monoisotopic (exact) mass is 195 g/mol. The maximum absolute atomic E-state index is 11.4. The van der Waals surface area contributed by atoms with Gasteiger partial charge in [-0.1, -0.05) is 0 Å². The summed E-state index contributed by atoms with van der Waals surface area (Å²) in [6, 6.07) is 4.57. The van der Waals surface area contributed by atoms with Gasteiger partial charge in [0.15, 0.2) is 5.78 Å². The summed E-state index contributed by atoms with van der Waals surface area (Å²) in [4.78, 5) is 11.4. The van der Waals surface area contributed by atoms with Gasteiger partial charge in [-0.05, 0) is 18.7 Å². The second kappa shape index (κ2) is 4.62. The number of ketones is 1. The number of nitrogens with two attached hydrogens (primary N) is 1. The van der Waals surface area contributed by atoms with Gasteiger partial charge in [0.2, 0.25) is 0 Å². The lowest BCUT2D eigenvalue weighted by Crippen LogP contribution is -2.08. The molecule has 0 saturated heterocycles. The lowest BCUT2D eigenvalue weighted by Gasteiger charge is -2.05. The molecule has 0 fully saturated rings. The molecule has 1 aromatic carbocycles. The minimum Gasteiger partial charge on any atom is -0.507 e. The Bertz CT molecular complexity index is 336. The Labute approximate surface area is 82.3 Å². The van der Waals surface area contributed by atoms with Crippen LogP contribution in [-0.4, -0.2) is 24.5 Å². The van der Waals surface area contributed by atoms with E-state index in [2.05, 4.69) is 0 Å². The Morgan fingerprint density at radius 2 is 2.29 bits per heavy atom. The molecule has 1 rings (SSSR count). The van der Waals surface area contributed by atoms with Crippen LogP contribution in [0.4, 0.5) is 0 Å². The van der Waals surface area contributed by atoms with E-state index in [0.717, 1.165) is 0 Å². The first kappa shape index (κ1) is 10.5. The molecule has 1 aromatic rings. The highest BCUT2D eigenvalue weighted by molar-refractivity contribution is 5.98. The van der Waals surface area contributed by atoms with Crippen molar-refractivity contribution >= 4 is 5.78 Å². The number of hydrogen-bond acceptors (Lipinski definition) is 4. The number of carbonyl (C=O) groups excluding carboxylic acids is 1. The molecule has 0 aliphatic rings. The number of phenolic OH excluding ortho intramolecular Hbond substituents is 1. The molecular weight excluding hydrogens is 182 g/mol. The van der Waals surface area contributed by atoms with Crippen LogP contribution in [0.2, 0.25) is 0 Å². The van der Waals surface area contributed by atoms with Crippen molar-refractivity contribution in [2.24, 2.45) is 5.73 Å². The van der Waals surface area contributed by atoms with E-state index >= 15 is 0 Å². The van der Waals surface area contributed by atoms with Crippen LogP contribution in [0.1, 0.15) is 16.8 Å². The zero-order valence-electron chi connectivity index (χ0n) is 7.99. The Hall–Kier alpha value is -1.55. The highest BCUT2D eigenvalue weighted by Crippen LogP contribution is 2.24. The maximum atomic E-state index is 11.4. The third-order valence-electron chi connectivity index (χ3n) is 1.88. The minimum atomic E-state index is -0.160. The Morgan fingerprint density at radius 3 is 2.79 bits per heavy atom. The number of ether oxygens (including phenoxy) is 1. The summed E-state index contributed by atoms with van der Waals surface area (Å²) < 4.78 is 4.89.